The predicted octanol–water partition coefficient (Wildman–Crippen LogP) is 39.8. The van der Waals surface area contributed by atoms with E-state index < -0.39 is 6.46 Å². The highest BCUT2D eigenvalue weighted by atomic mass is 34.1. The van der Waals surface area contributed by atoms with Gasteiger partial charge in [0.15, 0.2) is 0 Å². The molecule has 0 aliphatic rings. The highest BCUT2D eigenvalue weighted by Gasteiger charge is 2.07. The van der Waals surface area contributed by atoms with Gasteiger partial charge in [-0.05, 0) is 108 Å². The summed E-state index contributed by atoms with van der Waals surface area (Å²) in [7, 11) is 108. The zero-order valence-corrected chi connectivity index (χ0v) is 80.6. The average molecular weight is 2100 g/mol. The fraction of sp³-hybridized carbons (Fsp3) is 1.00. The third-order valence-electron chi connectivity index (χ3n) is 1.99. The fourth-order valence-electron chi connectivity index (χ4n) is 0.857. The summed E-state index contributed by atoms with van der Waals surface area (Å²) in [4.78, 5) is 0. The monoisotopic (exact) mass is 2090 g/mol. The predicted molar refractivity (Wildman–Crippen MR) is 498 cm³/mol. The van der Waals surface area contributed by atoms with Crippen molar-refractivity contribution in [2.24, 2.45) is 0 Å². The minimum absolute atomic E-state index is 0.579. The topological polar surface area (TPSA) is 9.23 Å². The molecule has 404 valence electrons. The van der Waals surface area contributed by atoms with E-state index in [9.17, 15) is 0 Å². The van der Waals surface area contributed by atoms with Gasteiger partial charge in [0.25, 0.3) is 0 Å². The zero-order chi connectivity index (χ0) is 48.3. The summed E-state index contributed by atoms with van der Waals surface area (Å²) in [6.45, 7) is 0.692. The largest absolute Gasteiger partial charge is 0.302 e. The van der Waals surface area contributed by atoms with Crippen LogP contribution in [0.4, 0.5) is 0 Å². The van der Waals surface area contributed by atoms with Crippen molar-refractivity contribution in [3.63, 3.8) is 0 Å². The van der Waals surface area contributed by atoms with Crippen molar-refractivity contribution < 1.29 is 4.18 Å². The first-order valence-corrected chi connectivity index (χ1v) is 96.1. The summed E-state index contributed by atoms with van der Waals surface area (Å²) in [6.07, 6.45) is 0. The fourth-order valence-corrected chi connectivity index (χ4v) is 168. The summed E-state index contributed by atoms with van der Waals surface area (Å²) < 4.78 is 5.41. The smallest absolute Gasteiger partial charge is 0.0820 e. The lowest BCUT2D eigenvalue weighted by molar-refractivity contribution is 0.402. The van der Waals surface area contributed by atoms with E-state index in [4.69, 9.17) is 26.6 Å². The van der Waals surface area contributed by atoms with Gasteiger partial charge in [-0.1, -0.05) is 11.7 Å². The van der Waals surface area contributed by atoms with Crippen molar-refractivity contribution in [1.29, 1.82) is 0 Å². The van der Waals surface area contributed by atoms with Crippen molar-refractivity contribution in [2.45, 2.75) is 6.92 Å². The van der Waals surface area contributed by atoms with Crippen LogP contribution >= 0.6 is 601 Å². The van der Waals surface area contributed by atoms with Crippen molar-refractivity contribution in [1.82, 2.24) is 0 Å². The molecule has 0 saturated carbocycles. The molecule has 0 atom stereocenters. The van der Waals surface area contributed by atoms with Crippen molar-refractivity contribution in [2.75, 3.05) is 6.61 Å². The number of hydrogen-bond acceptors (Lipinski definition) is 64. The van der Waals surface area contributed by atoms with Crippen LogP contribution in [0.3, 0.4) is 0 Å². The van der Waals surface area contributed by atoms with Crippen LogP contribution < -0.4 is 0 Å². The Hall–Kier alpha value is 22.1. The third-order valence-corrected chi connectivity index (χ3v) is 140. The Morgan fingerprint density at radius 1 is 0.239 bits per heavy atom. The number of rotatable bonds is 62. The maximum absolute atomic E-state index is 5.41. The van der Waals surface area contributed by atoms with Crippen LogP contribution in [0, 0.1) is 0 Å². The Labute approximate surface area is 630 Å². The lowest BCUT2D eigenvalue weighted by atomic mass is 10.9. The SMILES string of the molecule is CCOS(=S)(=S)SSSSSSSSSSSSSSSSSSSSSSSSSSSSSSSSSSSSSSSSSSSSSSSSSSSSSSSSSSSSS. The molecule has 0 heterocycles. The van der Waals surface area contributed by atoms with Gasteiger partial charge in [-0.15, -0.1) is 0 Å². The van der Waals surface area contributed by atoms with Crippen LogP contribution in [0.25, 0.3) is 0 Å². The maximum Gasteiger partial charge on any atom is 0.0820 e. The van der Waals surface area contributed by atoms with Crippen LogP contribution in [0.5, 0.6) is 0 Å². The van der Waals surface area contributed by atoms with E-state index in [2.05, 4.69) is 11.7 Å². The molecule has 1 nitrogen and oxygen atoms in total. The molecule has 65 heteroatoms. The second-order valence-corrected chi connectivity index (χ2v) is 118. The average Bonchev–Trinajstić information content (AvgIpc) is 3.32. The molecule has 0 aromatic heterocycles. The van der Waals surface area contributed by atoms with Crippen LogP contribution in [0.2, 0.25) is 0 Å². The highest BCUT2D eigenvalue weighted by molar-refractivity contribution is 9.64. The molecule has 0 radical (unpaired) electrons. The molecule has 0 aliphatic carbocycles. The van der Waals surface area contributed by atoms with Gasteiger partial charge in [-0.25, -0.2) is 0 Å². The maximum atomic E-state index is 5.41. The van der Waals surface area contributed by atoms with Gasteiger partial charge >= 0.3 is 0 Å². The normalized spacial score (nSPS) is 12.0. The van der Waals surface area contributed by atoms with Gasteiger partial charge < -0.3 is 4.18 Å². The number of thiol groups is 1. The van der Waals surface area contributed by atoms with Gasteiger partial charge in [-0.2, -0.15) is 0 Å². The lowest BCUT2D eigenvalue weighted by Crippen LogP contribution is -1.93. The Balaban J connectivity index is 3.09. The van der Waals surface area contributed by atoms with E-state index in [0.717, 1.165) is 0 Å². The van der Waals surface area contributed by atoms with Gasteiger partial charge in [0, 0.05) is 511 Å². The molecule has 0 aliphatic heterocycles. The summed E-state index contributed by atoms with van der Waals surface area (Å²) in [5.41, 5.74) is 0. The summed E-state index contributed by atoms with van der Waals surface area (Å²) in [6, 6.07) is 0. The minimum Gasteiger partial charge on any atom is -0.302 e. The van der Waals surface area contributed by atoms with E-state index in [-0.39, 0.29) is 0 Å². The summed E-state index contributed by atoms with van der Waals surface area (Å²) in [5.74, 6) is 0. The molecule has 0 fully saturated rings. The van der Waals surface area contributed by atoms with Crippen LogP contribution in [0.1, 0.15) is 6.92 Å². The van der Waals surface area contributed by atoms with Crippen molar-refractivity contribution in [3.05, 3.63) is 0 Å². The van der Waals surface area contributed by atoms with Crippen LogP contribution in [0.15, 0.2) is 0 Å². The molecule has 0 aromatic carbocycles. The Bertz CT molecular complexity index is 960. The van der Waals surface area contributed by atoms with Crippen molar-refractivity contribution >= 4 is 630 Å². The molecule has 0 unspecified atom stereocenters. The van der Waals surface area contributed by atoms with Gasteiger partial charge in [0.1, 0.15) is 0 Å². The quantitative estimate of drug-likeness (QED) is 0.0352. The molecular formula is C2H6OS64. The van der Waals surface area contributed by atoms with E-state index >= 15 is 0 Å². The molecule has 0 rings (SSSR count). The van der Waals surface area contributed by atoms with Gasteiger partial charge in [-0.3, -0.25) is 0 Å². The van der Waals surface area contributed by atoms with Crippen LogP contribution in [-0.4, -0.2) is 6.61 Å². The second kappa shape index (κ2) is 82.3. The molecule has 0 amide bonds. The molecule has 0 bridgehead atoms. The van der Waals surface area contributed by atoms with Crippen molar-refractivity contribution in [3.8, 4) is 0 Å². The Morgan fingerprint density at radius 3 is 0.478 bits per heavy atom. The highest BCUT2D eigenvalue weighted by Crippen LogP contribution is 2.70. The Kier molecular flexibility index (Phi) is 109. The first kappa shape index (κ1) is 89.1. The molecule has 0 saturated heterocycles. The van der Waals surface area contributed by atoms with E-state index in [1.165, 1.54) is 19.7 Å². The summed E-state index contributed by atoms with van der Waals surface area (Å²) in [5, 5.41) is 0. The van der Waals surface area contributed by atoms with E-state index in [0.29, 0.717) is 6.61 Å². The first-order valence-electron chi connectivity index (χ1n) is 11.7. The van der Waals surface area contributed by atoms with Gasteiger partial charge in [0.2, 0.25) is 0 Å². The van der Waals surface area contributed by atoms with E-state index in [1.807, 2.05) is 439 Å². The molecule has 0 N–H and O–H groups in total. The molecular weight excluding hydrogens is 2090 g/mol. The molecule has 67 heavy (non-hydrogen) atoms. The summed E-state index contributed by atoms with van der Waals surface area (Å²) >= 11 is 14.6. The third kappa shape index (κ3) is 84.1. The lowest BCUT2D eigenvalue weighted by Gasteiger charge is -2.06. The first-order chi connectivity index (χ1) is 33.1. The second-order valence-electron chi connectivity index (χ2n) is 4.90. The Morgan fingerprint density at radius 2 is 0.358 bits per heavy atom. The zero-order valence-electron chi connectivity index (χ0n) is 28.3. The van der Waals surface area contributed by atoms with E-state index in [1.54, 1.807) is 138 Å². The minimum atomic E-state index is -1.81. The number of hydrogen-bond donors (Lipinski definition) is 1. The molecule has 0 aromatic rings. The van der Waals surface area contributed by atoms with Crippen LogP contribution in [-0.2, 0) is 33.0 Å². The standard InChI is InChI=1S/C2H6OS64/c1-2-3-67(5,6)66-65-64-63-62-61-60-59-58-57-56-55-54-53-52-51-50-49-48-47-46-45-44-43-42-41-40-39-38-37-36-35-34-33-32-31-30-29-28-27-26-25-24-23-22-21-20-19-18-17-16-15-14-13-12-11-10-9-8-7-4/h4H,2H2,1H3. The molecule has 0 spiro atoms. The van der Waals surface area contributed by atoms with Gasteiger partial charge in [0.05, 0.1) is 13.1 Å².